The zero-order chi connectivity index (χ0) is 21.3. The van der Waals surface area contributed by atoms with Gasteiger partial charge in [0.15, 0.2) is 0 Å². The predicted octanol–water partition coefficient (Wildman–Crippen LogP) is 2.96. The SMILES string of the molecule is [2H]C([2H])([2H])C([2H])([2H])C([2H])(c1ncc(B2OC(C)(C)C(C)(C)O2)s1)C([2H])([2H])[2H]. The summed E-state index contributed by atoms with van der Waals surface area (Å²) in [5.41, 5.74) is -1.31. The van der Waals surface area contributed by atoms with E-state index in [1.54, 1.807) is 0 Å². The summed E-state index contributed by atoms with van der Waals surface area (Å²) >= 11 is 0.710. The Labute approximate surface area is 127 Å². The molecule has 1 fully saturated rings. The molecular weight excluding hydrogens is 245 g/mol. The van der Waals surface area contributed by atoms with Gasteiger partial charge in [-0.2, -0.15) is 0 Å². The van der Waals surface area contributed by atoms with Gasteiger partial charge in [0, 0.05) is 24.4 Å². The molecule has 0 amide bonds. The van der Waals surface area contributed by atoms with Crippen LogP contribution in [-0.2, 0) is 9.31 Å². The number of aromatic nitrogens is 1. The molecule has 1 aromatic heterocycles. The van der Waals surface area contributed by atoms with E-state index in [4.69, 9.17) is 21.6 Å². The Hall–Kier alpha value is -0.385. The van der Waals surface area contributed by atoms with Crippen LogP contribution in [-0.4, -0.2) is 23.3 Å². The van der Waals surface area contributed by atoms with Crippen molar-refractivity contribution in [3.8, 4) is 0 Å². The third kappa shape index (κ3) is 2.36. The summed E-state index contributed by atoms with van der Waals surface area (Å²) in [7, 11) is -0.874. The molecule has 1 unspecified atom stereocenters. The zero-order valence-corrected chi connectivity index (χ0v) is 11.6. The van der Waals surface area contributed by atoms with Crippen LogP contribution in [0.15, 0.2) is 6.20 Å². The Morgan fingerprint density at radius 3 is 2.72 bits per heavy atom. The van der Waals surface area contributed by atoms with Gasteiger partial charge in [0.2, 0.25) is 0 Å². The van der Waals surface area contributed by atoms with Gasteiger partial charge in [-0.25, -0.2) is 4.98 Å². The molecule has 1 aliphatic heterocycles. The minimum absolute atomic E-state index is 0.339. The molecule has 0 spiro atoms. The summed E-state index contributed by atoms with van der Waals surface area (Å²) in [5, 5.41) is -0.465. The first-order chi connectivity index (χ1) is 11.8. The van der Waals surface area contributed by atoms with Crippen molar-refractivity contribution in [2.24, 2.45) is 0 Å². The summed E-state index contributed by atoms with van der Waals surface area (Å²) in [6.45, 7) is 0.729. The van der Waals surface area contributed by atoms with E-state index in [0.717, 1.165) is 0 Å². The summed E-state index contributed by atoms with van der Waals surface area (Å²) in [6, 6.07) is 0. The normalized spacial score (nSPS) is 34.7. The van der Waals surface area contributed by atoms with E-state index in [9.17, 15) is 0 Å². The zero-order valence-electron chi connectivity index (χ0n) is 19.8. The van der Waals surface area contributed by atoms with E-state index in [1.807, 2.05) is 27.7 Å². The molecule has 0 saturated carbocycles. The van der Waals surface area contributed by atoms with Crippen molar-refractivity contribution in [1.82, 2.24) is 4.98 Å². The minimum atomic E-state index is -3.36. The van der Waals surface area contributed by atoms with Crippen LogP contribution < -0.4 is 4.78 Å². The van der Waals surface area contributed by atoms with E-state index < -0.39 is 49.3 Å². The predicted molar refractivity (Wildman–Crippen MR) is 76.5 cm³/mol. The van der Waals surface area contributed by atoms with Crippen molar-refractivity contribution in [2.45, 2.75) is 64.9 Å². The van der Waals surface area contributed by atoms with E-state index in [-0.39, 0.29) is 0 Å². The molecule has 1 aromatic rings. The fourth-order valence-electron chi connectivity index (χ4n) is 1.52. The second-order valence-electron chi connectivity index (χ2n) is 5.16. The number of thiazole rings is 1. The topological polar surface area (TPSA) is 31.4 Å². The molecule has 2 heterocycles. The summed E-state index contributed by atoms with van der Waals surface area (Å²) in [4.78, 5) is 3.90. The van der Waals surface area contributed by atoms with Crippen LogP contribution >= 0.6 is 11.3 Å². The van der Waals surface area contributed by atoms with Crippen LogP contribution in [0.5, 0.6) is 0 Å². The smallest absolute Gasteiger partial charge is 0.399 e. The Balaban J connectivity index is 2.51. The van der Waals surface area contributed by atoms with Crippen molar-refractivity contribution < 1.29 is 21.6 Å². The van der Waals surface area contributed by atoms with Crippen LogP contribution in [0.2, 0.25) is 0 Å². The number of hydrogen-bond donors (Lipinski definition) is 0. The molecule has 0 aromatic carbocycles. The fourth-order valence-corrected chi connectivity index (χ4v) is 2.30. The maximum absolute atomic E-state index is 8.38. The second-order valence-corrected chi connectivity index (χ2v) is 6.22. The van der Waals surface area contributed by atoms with Gasteiger partial charge in [0.05, 0.1) is 21.0 Å². The van der Waals surface area contributed by atoms with Crippen LogP contribution in [0.25, 0.3) is 0 Å². The number of hydrogen-bond acceptors (Lipinski definition) is 4. The van der Waals surface area contributed by atoms with E-state index in [0.29, 0.717) is 16.1 Å². The van der Waals surface area contributed by atoms with Gasteiger partial charge in [-0.1, -0.05) is 13.7 Å². The van der Waals surface area contributed by atoms with Gasteiger partial charge < -0.3 is 9.31 Å². The fraction of sp³-hybridized carbons (Fsp3) is 0.769. The van der Waals surface area contributed by atoms with Crippen LogP contribution in [0.4, 0.5) is 0 Å². The first-order valence-electron chi connectivity index (χ1n) is 10.1. The first-order valence-corrected chi connectivity index (χ1v) is 6.41. The Bertz CT molecular complexity index is 699. The molecule has 3 nitrogen and oxygen atoms in total. The highest BCUT2D eigenvalue weighted by atomic mass is 32.1. The lowest BCUT2D eigenvalue weighted by Crippen LogP contribution is -2.41. The highest BCUT2D eigenvalue weighted by Crippen LogP contribution is 2.37. The molecule has 0 bridgehead atoms. The molecule has 18 heavy (non-hydrogen) atoms. The largest absolute Gasteiger partial charge is 0.507 e. The minimum Gasteiger partial charge on any atom is -0.399 e. The van der Waals surface area contributed by atoms with Crippen molar-refractivity contribution in [3.05, 3.63) is 11.2 Å². The summed E-state index contributed by atoms with van der Waals surface area (Å²) in [6.07, 6.45) is -2.12. The van der Waals surface area contributed by atoms with Gasteiger partial charge in [0.1, 0.15) is 0 Å². The highest BCUT2D eigenvalue weighted by Gasteiger charge is 2.52. The van der Waals surface area contributed by atoms with Gasteiger partial charge >= 0.3 is 7.12 Å². The van der Waals surface area contributed by atoms with Crippen LogP contribution in [0.1, 0.15) is 71.0 Å². The Morgan fingerprint density at radius 1 is 1.50 bits per heavy atom. The third-order valence-corrected chi connectivity index (χ3v) is 4.38. The molecule has 0 N–H and O–H groups in total. The molecule has 2 rings (SSSR count). The quantitative estimate of drug-likeness (QED) is 0.795. The van der Waals surface area contributed by atoms with Gasteiger partial charge in [-0.05, 0) is 34.1 Å². The molecule has 5 heteroatoms. The van der Waals surface area contributed by atoms with Gasteiger partial charge in [-0.3, -0.25) is 0 Å². The monoisotopic (exact) mass is 276 g/mol. The van der Waals surface area contributed by atoms with Crippen molar-refractivity contribution in [2.75, 3.05) is 0 Å². The highest BCUT2D eigenvalue weighted by molar-refractivity contribution is 7.22. The molecule has 1 atom stereocenters. The Kier molecular flexibility index (Phi) is 1.64. The lowest BCUT2D eigenvalue weighted by atomic mass is 9.89. The molecule has 1 aliphatic rings. The maximum atomic E-state index is 8.38. The summed E-state index contributed by atoms with van der Waals surface area (Å²) < 4.78 is 81.5. The average molecular weight is 276 g/mol. The van der Waals surface area contributed by atoms with Crippen molar-refractivity contribution >= 4 is 23.2 Å². The van der Waals surface area contributed by atoms with Crippen molar-refractivity contribution in [1.29, 1.82) is 0 Å². The standard InChI is InChI=1S/C13H22BNO2S/c1-7-9(2)11-15-8-10(18-11)14-16-12(3,4)13(5,6)17-14/h8-9H,7H2,1-6H3/i1D3,2D3,7D2,9D. The van der Waals surface area contributed by atoms with E-state index in [1.165, 1.54) is 6.20 Å². The average Bonchev–Trinajstić information content (AvgIpc) is 2.99. The molecule has 1 saturated heterocycles. The Morgan fingerprint density at radius 2 is 2.17 bits per heavy atom. The number of rotatable bonds is 3. The molecule has 0 radical (unpaired) electrons. The second kappa shape index (κ2) is 4.62. The van der Waals surface area contributed by atoms with Gasteiger partial charge in [-0.15, -0.1) is 11.3 Å². The molecule has 100 valence electrons. The van der Waals surface area contributed by atoms with Crippen molar-refractivity contribution in [3.63, 3.8) is 0 Å². The van der Waals surface area contributed by atoms with E-state index in [2.05, 4.69) is 4.98 Å². The lowest BCUT2D eigenvalue weighted by Gasteiger charge is -2.32. The summed E-state index contributed by atoms with van der Waals surface area (Å²) in [5.74, 6) is -3.09. The lowest BCUT2D eigenvalue weighted by molar-refractivity contribution is 0.00578. The number of nitrogens with zero attached hydrogens (tertiary/aromatic N) is 1. The van der Waals surface area contributed by atoms with E-state index >= 15 is 0 Å². The third-order valence-electron chi connectivity index (χ3n) is 3.35. The molecular formula is C13H22BNO2S. The van der Waals surface area contributed by atoms with Gasteiger partial charge in [0.25, 0.3) is 0 Å². The molecule has 0 aliphatic carbocycles. The maximum Gasteiger partial charge on any atom is 0.507 e. The van der Waals surface area contributed by atoms with Crippen LogP contribution in [0.3, 0.4) is 0 Å². The van der Waals surface area contributed by atoms with Crippen LogP contribution in [0, 0.1) is 0 Å². The first kappa shape index (κ1) is 6.38.